The molecule has 0 spiro atoms. The molecular weight excluding hydrogens is 248 g/mol. The van der Waals surface area contributed by atoms with Crippen LogP contribution in [0.15, 0.2) is 24.3 Å². The first-order valence-electron chi connectivity index (χ1n) is 6.79. The summed E-state index contributed by atoms with van der Waals surface area (Å²) < 4.78 is 0. The molecule has 3 rings (SSSR count). The molecule has 1 heterocycles. The average Bonchev–Trinajstić information content (AvgIpc) is 3.32. The lowest BCUT2D eigenvalue weighted by atomic mass is 10.0. The number of nitrogens with one attached hydrogen (secondary N) is 1. The Bertz CT molecular complexity index is 696. The van der Waals surface area contributed by atoms with E-state index >= 15 is 0 Å². The molecule has 0 atom stereocenters. The number of nitriles is 1. The molecular formula is C16H16N4. The van der Waals surface area contributed by atoms with Crippen molar-refractivity contribution in [2.24, 2.45) is 0 Å². The Morgan fingerprint density at radius 2 is 2.10 bits per heavy atom. The fourth-order valence-corrected chi connectivity index (χ4v) is 2.32. The first-order chi connectivity index (χ1) is 9.72. The number of hydrogen-bond donors (Lipinski definition) is 1. The van der Waals surface area contributed by atoms with Crippen molar-refractivity contribution >= 4 is 5.82 Å². The van der Waals surface area contributed by atoms with Crippen LogP contribution >= 0.6 is 0 Å². The third kappa shape index (κ3) is 2.23. The van der Waals surface area contributed by atoms with Crippen LogP contribution in [-0.2, 0) is 0 Å². The molecule has 1 aliphatic carbocycles. The van der Waals surface area contributed by atoms with Crippen LogP contribution in [0.25, 0.3) is 11.3 Å². The quantitative estimate of drug-likeness (QED) is 0.924. The van der Waals surface area contributed by atoms with E-state index in [9.17, 15) is 0 Å². The van der Waals surface area contributed by atoms with E-state index in [4.69, 9.17) is 10.2 Å². The summed E-state index contributed by atoms with van der Waals surface area (Å²) in [6.07, 6.45) is 2.34. The van der Waals surface area contributed by atoms with Gasteiger partial charge in [0.15, 0.2) is 0 Å². The van der Waals surface area contributed by atoms with E-state index in [-0.39, 0.29) is 0 Å². The summed E-state index contributed by atoms with van der Waals surface area (Å²) in [5.74, 6) is 2.29. The van der Waals surface area contributed by atoms with Crippen molar-refractivity contribution in [3.05, 3.63) is 41.2 Å². The fourth-order valence-electron chi connectivity index (χ4n) is 2.32. The highest BCUT2D eigenvalue weighted by molar-refractivity contribution is 5.69. The van der Waals surface area contributed by atoms with Crippen LogP contribution < -0.4 is 5.32 Å². The van der Waals surface area contributed by atoms with Crippen LogP contribution in [0.3, 0.4) is 0 Å². The van der Waals surface area contributed by atoms with Crippen molar-refractivity contribution in [2.75, 3.05) is 12.4 Å². The van der Waals surface area contributed by atoms with E-state index in [0.29, 0.717) is 11.5 Å². The first kappa shape index (κ1) is 12.6. The van der Waals surface area contributed by atoms with Crippen molar-refractivity contribution in [2.45, 2.75) is 25.7 Å². The van der Waals surface area contributed by atoms with Gasteiger partial charge in [-0.05, 0) is 31.9 Å². The second kappa shape index (κ2) is 4.93. The Morgan fingerprint density at radius 1 is 1.30 bits per heavy atom. The Hall–Kier alpha value is -2.41. The number of rotatable bonds is 3. The predicted octanol–water partition coefficient (Wildman–Crippen LogP) is 3.24. The minimum atomic E-state index is 0.501. The number of hydrogen-bond acceptors (Lipinski definition) is 4. The maximum absolute atomic E-state index is 9.04. The summed E-state index contributed by atoms with van der Waals surface area (Å²) in [7, 11) is 1.88. The Labute approximate surface area is 118 Å². The van der Waals surface area contributed by atoms with Gasteiger partial charge in [-0.2, -0.15) is 5.26 Å². The van der Waals surface area contributed by atoms with Gasteiger partial charge in [0.2, 0.25) is 0 Å². The molecule has 0 unspecified atom stereocenters. The molecule has 4 nitrogen and oxygen atoms in total. The summed E-state index contributed by atoms with van der Waals surface area (Å²) in [6.45, 7) is 2.01. The average molecular weight is 264 g/mol. The molecule has 1 aliphatic rings. The molecule has 1 N–H and O–H groups in total. The lowest BCUT2D eigenvalue weighted by Gasteiger charge is -2.12. The van der Waals surface area contributed by atoms with E-state index in [1.807, 2.05) is 32.2 Å². The maximum Gasteiger partial charge on any atom is 0.134 e. The molecule has 0 amide bonds. The maximum atomic E-state index is 9.04. The lowest BCUT2D eigenvalue weighted by molar-refractivity contribution is 0.924. The predicted molar refractivity (Wildman–Crippen MR) is 78.4 cm³/mol. The van der Waals surface area contributed by atoms with Crippen LogP contribution in [-0.4, -0.2) is 17.0 Å². The topological polar surface area (TPSA) is 61.6 Å². The Kier molecular flexibility index (Phi) is 3.11. The zero-order valence-corrected chi connectivity index (χ0v) is 11.6. The number of anilines is 1. The van der Waals surface area contributed by atoms with E-state index in [1.54, 1.807) is 6.07 Å². The third-order valence-electron chi connectivity index (χ3n) is 3.61. The van der Waals surface area contributed by atoms with Gasteiger partial charge in [-0.1, -0.05) is 12.1 Å². The van der Waals surface area contributed by atoms with Gasteiger partial charge in [0.1, 0.15) is 11.6 Å². The van der Waals surface area contributed by atoms with Gasteiger partial charge in [-0.15, -0.1) is 0 Å². The van der Waals surface area contributed by atoms with E-state index < -0.39 is 0 Å². The summed E-state index contributed by atoms with van der Waals surface area (Å²) in [6, 6.07) is 9.75. The molecule has 0 bridgehead atoms. The molecule has 0 aliphatic heterocycles. The number of benzene rings is 1. The number of aromatic nitrogens is 2. The van der Waals surface area contributed by atoms with E-state index in [2.05, 4.69) is 16.4 Å². The lowest BCUT2D eigenvalue weighted by Crippen LogP contribution is -2.04. The van der Waals surface area contributed by atoms with Crippen LogP contribution in [0, 0.1) is 18.3 Å². The van der Waals surface area contributed by atoms with Crippen molar-refractivity contribution in [3.8, 4) is 17.3 Å². The van der Waals surface area contributed by atoms with Crippen molar-refractivity contribution in [1.82, 2.24) is 9.97 Å². The smallest absolute Gasteiger partial charge is 0.134 e. The SMILES string of the molecule is CNc1nc(C2CC2)nc(-c2cccc(C#N)c2)c1C. The van der Waals surface area contributed by atoms with Gasteiger partial charge >= 0.3 is 0 Å². The second-order valence-electron chi connectivity index (χ2n) is 5.12. The molecule has 1 fully saturated rings. The Morgan fingerprint density at radius 3 is 2.75 bits per heavy atom. The molecule has 0 radical (unpaired) electrons. The second-order valence-corrected chi connectivity index (χ2v) is 5.12. The molecule has 100 valence electrons. The molecule has 4 heteroatoms. The van der Waals surface area contributed by atoms with Gasteiger partial charge < -0.3 is 5.32 Å². The zero-order chi connectivity index (χ0) is 14.1. The van der Waals surface area contributed by atoms with E-state index in [0.717, 1.165) is 28.5 Å². The first-order valence-corrected chi connectivity index (χ1v) is 6.79. The standard InChI is InChI=1S/C16H16N4/c1-10-14(13-5-3-4-11(8-13)9-17)19-16(12-6-7-12)20-15(10)18-2/h3-5,8,12H,6-7H2,1-2H3,(H,18,19,20). The monoisotopic (exact) mass is 264 g/mol. The van der Waals surface area contributed by atoms with Gasteiger partial charge in [0, 0.05) is 24.1 Å². The van der Waals surface area contributed by atoms with E-state index in [1.165, 1.54) is 12.8 Å². The van der Waals surface area contributed by atoms with Crippen LogP contribution in [0.2, 0.25) is 0 Å². The van der Waals surface area contributed by atoms with Crippen LogP contribution in [0.5, 0.6) is 0 Å². The van der Waals surface area contributed by atoms with Crippen LogP contribution in [0.1, 0.15) is 35.7 Å². The van der Waals surface area contributed by atoms with Crippen molar-refractivity contribution in [1.29, 1.82) is 5.26 Å². The summed E-state index contributed by atoms with van der Waals surface area (Å²) >= 11 is 0. The highest BCUT2D eigenvalue weighted by Gasteiger charge is 2.28. The van der Waals surface area contributed by atoms with Gasteiger partial charge in [-0.3, -0.25) is 0 Å². The van der Waals surface area contributed by atoms with Crippen molar-refractivity contribution in [3.63, 3.8) is 0 Å². The van der Waals surface area contributed by atoms with Crippen molar-refractivity contribution < 1.29 is 0 Å². The highest BCUT2D eigenvalue weighted by atomic mass is 15.0. The molecule has 1 aromatic carbocycles. The van der Waals surface area contributed by atoms with Gasteiger partial charge in [0.25, 0.3) is 0 Å². The Balaban J connectivity index is 2.16. The summed E-state index contributed by atoms with van der Waals surface area (Å²) in [4.78, 5) is 9.32. The molecule has 1 aromatic heterocycles. The number of nitrogens with zero attached hydrogens (tertiary/aromatic N) is 3. The minimum Gasteiger partial charge on any atom is -0.373 e. The summed E-state index contributed by atoms with van der Waals surface area (Å²) in [5, 5.41) is 12.2. The fraction of sp³-hybridized carbons (Fsp3) is 0.312. The molecule has 1 saturated carbocycles. The molecule has 20 heavy (non-hydrogen) atoms. The van der Waals surface area contributed by atoms with Crippen LogP contribution in [0.4, 0.5) is 5.82 Å². The minimum absolute atomic E-state index is 0.501. The molecule has 0 saturated heterocycles. The van der Waals surface area contributed by atoms with Gasteiger partial charge in [0.05, 0.1) is 17.3 Å². The summed E-state index contributed by atoms with van der Waals surface area (Å²) in [5.41, 5.74) is 3.57. The largest absolute Gasteiger partial charge is 0.373 e. The highest BCUT2D eigenvalue weighted by Crippen LogP contribution is 2.40. The normalized spacial score (nSPS) is 13.8. The molecule has 2 aromatic rings. The van der Waals surface area contributed by atoms with Gasteiger partial charge in [-0.25, -0.2) is 9.97 Å². The third-order valence-corrected chi connectivity index (χ3v) is 3.61. The zero-order valence-electron chi connectivity index (χ0n) is 11.6.